The average molecular weight is 209 g/mol. The Morgan fingerprint density at radius 3 is 3.00 bits per heavy atom. The van der Waals surface area contributed by atoms with Gasteiger partial charge in [-0.15, -0.1) is 0 Å². The number of carbonyl (C=O) groups excluding carboxylic acids is 1. The standard InChI is InChI=1S/C12H19NO2/c1-15-12(14)10-5-4-9-7-8-3-2-6-13(9)11(8)10/h8-11H,2-7H2,1H3/t8-,9+,10-,11-/m1/s1. The van der Waals surface area contributed by atoms with E-state index in [0.29, 0.717) is 6.04 Å². The highest BCUT2D eigenvalue weighted by atomic mass is 16.5. The summed E-state index contributed by atoms with van der Waals surface area (Å²) < 4.78 is 4.94. The fourth-order valence-corrected chi connectivity index (χ4v) is 4.09. The Labute approximate surface area is 90.8 Å². The molecular formula is C12H19NO2. The highest BCUT2D eigenvalue weighted by Crippen LogP contribution is 2.47. The first kappa shape index (κ1) is 9.64. The van der Waals surface area contributed by atoms with Gasteiger partial charge in [0.15, 0.2) is 0 Å². The van der Waals surface area contributed by atoms with Crippen molar-refractivity contribution in [3.8, 4) is 0 Å². The molecule has 0 aromatic rings. The number of carbonyl (C=O) groups is 1. The molecule has 0 radical (unpaired) electrons. The van der Waals surface area contributed by atoms with Crippen LogP contribution in [0.25, 0.3) is 0 Å². The van der Waals surface area contributed by atoms with Gasteiger partial charge >= 0.3 is 5.97 Å². The minimum atomic E-state index is 0.0252. The van der Waals surface area contributed by atoms with Crippen LogP contribution < -0.4 is 0 Å². The van der Waals surface area contributed by atoms with E-state index in [2.05, 4.69) is 4.90 Å². The second-order valence-corrected chi connectivity index (χ2v) is 5.23. The number of nitrogens with zero attached hydrogens (tertiary/aromatic N) is 1. The van der Waals surface area contributed by atoms with E-state index in [9.17, 15) is 4.79 Å². The Kier molecular flexibility index (Phi) is 2.23. The molecule has 3 aliphatic rings. The summed E-state index contributed by atoms with van der Waals surface area (Å²) in [5, 5.41) is 0. The van der Waals surface area contributed by atoms with Crippen LogP contribution in [-0.4, -0.2) is 36.6 Å². The summed E-state index contributed by atoms with van der Waals surface area (Å²) in [5.74, 6) is 0.964. The van der Waals surface area contributed by atoms with Crippen LogP contribution in [0, 0.1) is 11.8 Å². The zero-order chi connectivity index (χ0) is 10.4. The van der Waals surface area contributed by atoms with Gasteiger partial charge in [0, 0.05) is 12.1 Å². The summed E-state index contributed by atoms with van der Waals surface area (Å²) in [5.41, 5.74) is 0. The van der Waals surface area contributed by atoms with Crippen molar-refractivity contribution in [1.82, 2.24) is 4.90 Å². The van der Waals surface area contributed by atoms with Crippen molar-refractivity contribution in [1.29, 1.82) is 0 Å². The van der Waals surface area contributed by atoms with E-state index in [1.54, 1.807) is 0 Å². The van der Waals surface area contributed by atoms with Crippen molar-refractivity contribution < 1.29 is 9.53 Å². The lowest BCUT2D eigenvalue weighted by molar-refractivity contribution is -0.150. The second kappa shape index (κ2) is 3.48. The molecular weight excluding hydrogens is 190 g/mol. The lowest BCUT2D eigenvalue weighted by atomic mass is 9.82. The number of piperidine rings is 2. The van der Waals surface area contributed by atoms with E-state index in [0.717, 1.165) is 18.4 Å². The lowest BCUT2D eigenvalue weighted by Gasteiger charge is -2.42. The quantitative estimate of drug-likeness (QED) is 0.612. The third-order valence-corrected chi connectivity index (χ3v) is 4.63. The zero-order valence-electron chi connectivity index (χ0n) is 9.32. The van der Waals surface area contributed by atoms with E-state index in [4.69, 9.17) is 4.74 Å². The largest absolute Gasteiger partial charge is 0.469 e. The van der Waals surface area contributed by atoms with Crippen molar-refractivity contribution in [2.24, 2.45) is 11.8 Å². The van der Waals surface area contributed by atoms with E-state index >= 15 is 0 Å². The number of esters is 1. The summed E-state index contributed by atoms with van der Waals surface area (Å²) in [6.45, 7) is 1.21. The van der Waals surface area contributed by atoms with Gasteiger partial charge in [-0.3, -0.25) is 9.69 Å². The maximum atomic E-state index is 11.7. The molecule has 0 aliphatic carbocycles. The predicted octanol–water partition coefficient (Wildman–Crippen LogP) is 1.42. The SMILES string of the molecule is COC(=O)[C@@H]1CC[C@H]2C[C@H]3CCCN2[C@H]31. The van der Waals surface area contributed by atoms with Gasteiger partial charge in [0.1, 0.15) is 0 Å². The molecule has 3 saturated heterocycles. The van der Waals surface area contributed by atoms with Crippen LogP contribution in [0.15, 0.2) is 0 Å². The average Bonchev–Trinajstić information content (AvgIpc) is 2.48. The first-order chi connectivity index (χ1) is 7.31. The smallest absolute Gasteiger partial charge is 0.310 e. The van der Waals surface area contributed by atoms with Gasteiger partial charge in [-0.05, 0) is 44.6 Å². The van der Waals surface area contributed by atoms with Gasteiger partial charge in [-0.2, -0.15) is 0 Å². The molecule has 0 amide bonds. The second-order valence-electron chi connectivity index (χ2n) is 5.23. The van der Waals surface area contributed by atoms with Gasteiger partial charge in [-0.1, -0.05) is 0 Å². The van der Waals surface area contributed by atoms with Crippen LogP contribution in [0.3, 0.4) is 0 Å². The van der Waals surface area contributed by atoms with Gasteiger partial charge in [-0.25, -0.2) is 0 Å². The van der Waals surface area contributed by atoms with Crippen LogP contribution in [0.1, 0.15) is 32.1 Å². The van der Waals surface area contributed by atoms with Crippen molar-refractivity contribution in [3.63, 3.8) is 0 Å². The molecule has 3 fully saturated rings. The monoisotopic (exact) mass is 209 g/mol. The molecule has 0 N–H and O–H groups in total. The van der Waals surface area contributed by atoms with Crippen LogP contribution in [0.5, 0.6) is 0 Å². The molecule has 3 rings (SSSR count). The maximum Gasteiger partial charge on any atom is 0.310 e. The van der Waals surface area contributed by atoms with Gasteiger partial charge in [0.05, 0.1) is 13.0 Å². The molecule has 0 spiro atoms. The zero-order valence-corrected chi connectivity index (χ0v) is 9.32. The molecule has 3 heterocycles. The molecule has 0 saturated carbocycles. The summed E-state index contributed by atoms with van der Waals surface area (Å²) in [4.78, 5) is 14.3. The van der Waals surface area contributed by atoms with E-state index in [-0.39, 0.29) is 11.9 Å². The highest BCUT2D eigenvalue weighted by molar-refractivity contribution is 5.73. The molecule has 3 aliphatic heterocycles. The Bertz CT molecular complexity index is 279. The Hall–Kier alpha value is -0.570. The van der Waals surface area contributed by atoms with E-state index in [1.807, 2.05) is 0 Å². The summed E-state index contributed by atoms with van der Waals surface area (Å²) >= 11 is 0. The van der Waals surface area contributed by atoms with Gasteiger partial charge in [0.25, 0.3) is 0 Å². The normalized spacial score (nSPS) is 47.7. The van der Waals surface area contributed by atoms with Crippen LogP contribution in [0.4, 0.5) is 0 Å². The van der Waals surface area contributed by atoms with Crippen LogP contribution in [0.2, 0.25) is 0 Å². The molecule has 0 aromatic carbocycles. The molecule has 3 nitrogen and oxygen atoms in total. The topological polar surface area (TPSA) is 29.5 Å². The summed E-state index contributed by atoms with van der Waals surface area (Å²) in [7, 11) is 1.52. The van der Waals surface area contributed by atoms with Crippen molar-refractivity contribution in [3.05, 3.63) is 0 Å². The Morgan fingerprint density at radius 1 is 1.33 bits per heavy atom. The van der Waals surface area contributed by atoms with Crippen molar-refractivity contribution in [2.45, 2.75) is 44.2 Å². The molecule has 4 bridgehead atoms. The van der Waals surface area contributed by atoms with E-state index in [1.165, 1.54) is 39.3 Å². The fourth-order valence-electron chi connectivity index (χ4n) is 4.09. The van der Waals surface area contributed by atoms with Crippen molar-refractivity contribution >= 4 is 5.97 Å². The number of ether oxygens (including phenoxy) is 1. The Morgan fingerprint density at radius 2 is 2.20 bits per heavy atom. The molecule has 5 atom stereocenters. The molecule has 0 aromatic heterocycles. The summed E-state index contributed by atoms with van der Waals surface area (Å²) in [6, 6.07) is 1.30. The number of hydrogen-bond donors (Lipinski definition) is 0. The summed E-state index contributed by atoms with van der Waals surface area (Å²) in [6.07, 6.45) is 6.23. The third kappa shape index (κ3) is 1.32. The van der Waals surface area contributed by atoms with Crippen LogP contribution in [-0.2, 0) is 9.53 Å². The first-order valence-electron chi connectivity index (χ1n) is 6.15. The van der Waals surface area contributed by atoms with Crippen LogP contribution >= 0.6 is 0 Å². The molecule has 15 heavy (non-hydrogen) atoms. The Balaban J connectivity index is 1.85. The maximum absolute atomic E-state index is 11.7. The minimum absolute atomic E-state index is 0.0252. The van der Waals surface area contributed by atoms with Crippen molar-refractivity contribution in [2.75, 3.05) is 13.7 Å². The number of methoxy groups -OCH3 is 1. The first-order valence-corrected chi connectivity index (χ1v) is 6.15. The number of rotatable bonds is 1. The molecule has 84 valence electrons. The molecule has 3 heteroatoms. The predicted molar refractivity (Wildman–Crippen MR) is 56.4 cm³/mol. The fraction of sp³-hybridized carbons (Fsp3) is 0.917. The highest BCUT2D eigenvalue weighted by Gasteiger charge is 2.52. The third-order valence-electron chi connectivity index (χ3n) is 4.63. The lowest BCUT2D eigenvalue weighted by Crippen LogP contribution is -2.51. The number of hydrogen-bond acceptors (Lipinski definition) is 3. The van der Waals surface area contributed by atoms with Gasteiger partial charge in [0.2, 0.25) is 0 Å². The molecule has 1 unspecified atom stereocenters. The van der Waals surface area contributed by atoms with E-state index < -0.39 is 0 Å². The van der Waals surface area contributed by atoms with Gasteiger partial charge < -0.3 is 4.74 Å². The minimum Gasteiger partial charge on any atom is -0.469 e.